The van der Waals surface area contributed by atoms with E-state index in [4.69, 9.17) is 42.6 Å². The maximum atomic E-state index is 13.8. The number of non-ortho nitro benzene ring substituents is 1. The lowest BCUT2D eigenvalue weighted by Gasteiger charge is -2.13. The molecule has 0 saturated carbocycles. The largest absolute Gasteiger partial charge is 0.494 e. The summed E-state index contributed by atoms with van der Waals surface area (Å²) in [4.78, 5) is 86.7. The van der Waals surface area contributed by atoms with Gasteiger partial charge in [0.2, 0.25) is 0 Å². The lowest BCUT2D eigenvalue weighted by Crippen LogP contribution is -2.19. The van der Waals surface area contributed by atoms with Crippen molar-refractivity contribution < 1.29 is 76.3 Å². The summed E-state index contributed by atoms with van der Waals surface area (Å²) in [5.41, 5.74) is 0.569. The molecule has 6 aromatic carbocycles. The number of carbonyl (C=O) groups is 6. The highest BCUT2D eigenvalue weighted by atomic mass is 16.6. The highest BCUT2D eigenvalue weighted by molar-refractivity contribution is 6.06. The van der Waals surface area contributed by atoms with Gasteiger partial charge in [-0.2, -0.15) is 10.2 Å². The van der Waals surface area contributed by atoms with Crippen molar-refractivity contribution in [2.24, 2.45) is 10.2 Å². The molecule has 0 N–H and O–H groups in total. The van der Waals surface area contributed by atoms with Gasteiger partial charge in [-0.25, -0.2) is 28.8 Å². The Morgan fingerprint density at radius 2 is 0.700 bits per heavy atom. The average Bonchev–Trinajstić information content (AvgIpc) is 2.36. The summed E-state index contributed by atoms with van der Waals surface area (Å²) in [6.45, 7) is 8.33. The van der Waals surface area contributed by atoms with E-state index in [9.17, 15) is 38.9 Å². The van der Waals surface area contributed by atoms with Crippen LogP contribution in [0.5, 0.6) is 34.5 Å². The van der Waals surface area contributed by atoms with E-state index >= 15 is 0 Å². The van der Waals surface area contributed by atoms with Crippen molar-refractivity contribution in [1.82, 2.24) is 0 Å². The molecule has 0 atom stereocenters. The topological polar surface area (TPSA) is 253 Å². The zero-order valence-electron chi connectivity index (χ0n) is 50.6. The van der Waals surface area contributed by atoms with Crippen molar-refractivity contribution in [3.63, 3.8) is 0 Å². The molecule has 0 aliphatic heterocycles. The Morgan fingerprint density at radius 1 is 0.356 bits per heavy atom. The van der Waals surface area contributed by atoms with Gasteiger partial charge in [0, 0.05) is 24.3 Å². The normalized spacial score (nSPS) is 10.8. The van der Waals surface area contributed by atoms with Crippen molar-refractivity contribution in [2.45, 2.75) is 116 Å². The van der Waals surface area contributed by atoms with E-state index in [0.717, 1.165) is 116 Å². The van der Waals surface area contributed by atoms with Crippen LogP contribution in [0.1, 0.15) is 157 Å². The summed E-state index contributed by atoms with van der Waals surface area (Å²) in [6, 6.07) is 34.9. The first kappa shape index (κ1) is 69.1. The Hall–Kier alpha value is -9.98. The zero-order valence-corrected chi connectivity index (χ0v) is 50.6. The lowest BCUT2D eigenvalue weighted by atomic mass is 10.0. The van der Waals surface area contributed by atoms with Crippen molar-refractivity contribution >= 4 is 52.9 Å². The molecule has 0 bridgehead atoms. The summed E-state index contributed by atoms with van der Waals surface area (Å²) in [7, 11) is 0. The van der Waals surface area contributed by atoms with Crippen LogP contribution in [0, 0.1) is 10.1 Å². The summed E-state index contributed by atoms with van der Waals surface area (Å²) in [5.74, 6) is -1.80. The molecule has 0 aliphatic carbocycles. The first-order valence-corrected chi connectivity index (χ1v) is 30.4. The smallest absolute Gasteiger partial charge is 0.344 e. The van der Waals surface area contributed by atoms with Crippen LogP contribution in [0.4, 0.5) is 17.1 Å². The maximum Gasteiger partial charge on any atom is 0.344 e. The van der Waals surface area contributed by atoms with Crippen LogP contribution in [-0.2, 0) is 23.8 Å². The van der Waals surface area contributed by atoms with Crippen LogP contribution in [-0.4, -0.2) is 80.4 Å². The summed E-state index contributed by atoms with van der Waals surface area (Å²) in [5, 5.41) is 19.1. The fourth-order valence-corrected chi connectivity index (χ4v) is 8.84. The van der Waals surface area contributed by atoms with Crippen molar-refractivity contribution in [2.75, 3.05) is 39.6 Å². The van der Waals surface area contributed by atoms with E-state index in [1.54, 1.807) is 72.8 Å². The number of unbranched alkanes of at least 4 members (excludes halogenated alkanes) is 16. The molecule has 0 spiro atoms. The predicted octanol–water partition coefficient (Wildman–Crippen LogP) is 16.1. The Labute approximate surface area is 524 Å². The minimum atomic E-state index is -0.938. The quantitative estimate of drug-likeness (QED) is 0.00504. The molecule has 0 amide bonds. The van der Waals surface area contributed by atoms with Crippen LogP contribution in [0.15, 0.2) is 175 Å². The molecule has 20 nitrogen and oxygen atoms in total. The molecular formula is C70H77N3O17. The van der Waals surface area contributed by atoms with Gasteiger partial charge in [-0.1, -0.05) is 103 Å². The van der Waals surface area contributed by atoms with E-state index in [1.807, 2.05) is 0 Å². The van der Waals surface area contributed by atoms with E-state index in [0.29, 0.717) is 55.1 Å². The fraction of sp³-hybridized carbons (Fsp3) is 0.343. The minimum Gasteiger partial charge on any atom is -0.494 e. The second-order valence-electron chi connectivity index (χ2n) is 20.7. The third-order valence-corrected chi connectivity index (χ3v) is 13.8. The minimum absolute atomic E-state index is 0.0401. The number of nitro groups is 1. The lowest BCUT2D eigenvalue weighted by molar-refractivity contribution is -0.384. The summed E-state index contributed by atoms with van der Waals surface area (Å²) < 4.78 is 50.1. The third-order valence-electron chi connectivity index (χ3n) is 13.8. The number of nitrogens with zero attached hydrogens (tertiary/aromatic N) is 3. The van der Waals surface area contributed by atoms with E-state index in [1.165, 1.54) is 78.9 Å². The molecule has 0 heterocycles. The third kappa shape index (κ3) is 26.2. The second kappa shape index (κ2) is 39.7. The standard InChI is InChI=1S/C70H77N3O17/c1-3-65(74)85-47-21-17-13-9-5-7-11-15-19-45-82-57-32-38-61(39-33-57)89-68(77)53-25-44-63(70(79)90-62-42-34-58(35-43-62)83-46-20-16-12-8-6-10-14-18-22-48-86-66(75)4-2)64(51-53)69(78)87-50-49-84-59-36-40-60(41-37-59)88-67(76)52-23-26-54(27-24-52)71-72-55-28-30-56(31-29-55)73(80)81/h3-4,23-44,51H,1-2,5-22,45-50H2. The van der Waals surface area contributed by atoms with Crippen molar-refractivity contribution in [3.05, 3.63) is 197 Å². The number of azo groups is 1. The highest BCUT2D eigenvalue weighted by Gasteiger charge is 2.24. The Balaban J connectivity index is 0.967. The molecule has 90 heavy (non-hydrogen) atoms. The van der Waals surface area contributed by atoms with Crippen LogP contribution in [0.3, 0.4) is 0 Å². The monoisotopic (exact) mass is 1230 g/mol. The molecule has 0 fully saturated rings. The molecule has 0 aliphatic rings. The van der Waals surface area contributed by atoms with Crippen LogP contribution in [0.2, 0.25) is 0 Å². The summed E-state index contributed by atoms with van der Waals surface area (Å²) in [6.07, 6.45) is 21.2. The molecule has 6 rings (SSSR count). The molecule has 474 valence electrons. The van der Waals surface area contributed by atoms with Gasteiger partial charge in [-0.3, -0.25) is 10.1 Å². The highest BCUT2D eigenvalue weighted by Crippen LogP contribution is 2.27. The van der Waals surface area contributed by atoms with Crippen LogP contribution < -0.4 is 28.4 Å². The number of rotatable bonds is 42. The number of ether oxygens (including phenoxy) is 9. The van der Waals surface area contributed by atoms with Gasteiger partial charge in [-0.05, 0) is 153 Å². The van der Waals surface area contributed by atoms with E-state index < -0.39 is 28.8 Å². The Kier molecular flexibility index (Phi) is 30.5. The van der Waals surface area contributed by atoms with Gasteiger partial charge in [0.05, 0.1) is 65.0 Å². The van der Waals surface area contributed by atoms with Gasteiger partial charge in [0.25, 0.3) is 5.69 Å². The van der Waals surface area contributed by atoms with Gasteiger partial charge >= 0.3 is 35.8 Å². The first-order valence-electron chi connectivity index (χ1n) is 30.4. The number of nitro benzene ring substituents is 1. The number of benzene rings is 6. The van der Waals surface area contributed by atoms with E-state index in [-0.39, 0.29) is 70.3 Å². The average molecular weight is 1230 g/mol. The van der Waals surface area contributed by atoms with Gasteiger partial charge < -0.3 is 42.6 Å². The number of hydrogen-bond donors (Lipinski definition) is 0. The fourth-order valence-electron chi connectivity index (χ4n) is 8.84. The van der Waals surface area contributed by atoms with Gasteiger partial charge in [-0.15, -0.1) is 0 Å². The second-order valence-corrected chi connectivity index (χ2v) is 20.7. The van der Waals surface area contributed by atoms with Crippen LogP contribution in [0.25, 0.3) is 0 Å². The molecular weight excluding hydrogens is 1150 g/mol. The molecule has 20 heteroatoms. The molecule has 0 aromatic heterocycles. The SMILES string of the molecule is C=CC(=O)OCCCCCCCCCCCOc1ccc(OC(=O)c2ccc(C(=O)Oc3ccc(OCCCCCCCCCCCOC(=O)C=C)cc3)c(C(=O)OCCOc3ccc(OC(=O)c4ccc(N=Nc5ccc([N+](=O)[O-])cc5)cc4)cc3)c2)cc1. The van der Waals surface area contributed by atoms with Gasteiger partial charge in [0.15, 0.2) is 0 Å². The number of carbonyl (C=O) groups excluding carboxylic acids is 6. The van der Waals surface area contributed by atoms with Gasteiger partial charge in [0.1, 0.15) is 47.7 Å². The Bertz CT molecular complexity index is 3270. The summed E-state index contributed by atoms with van der Waals surface area (Å²) >= 11 is 0. The molecule has 0 unspecified atom stereocenters. The first-order chi connectivity index (χ1) is 43.9. The molecule has 0 radical (unpaired) electrons. The number of esters is 6. The zero-order chi connectivity index (χ0) is 64.0. The predicted molar refractivity (Wildman–Crippen MR) is 337 cm³/mol. The number of hydrogen-bond acceptors (Lipinski definition) is 19. The van der Waals surface area contributed by atoms with Crippen LogP contribution >= 0.6 is 0 Å². The molecule has 6 aromatic rings. The molecule has 0 saturated heterocycles. The Morgan fingerprint density at radius 3 is 1.11 bits per heavy atom. The van der Waals surface area contributed by atoms with Crippen molar-refractivity contribution in [1.29, 1.82) is 0 Å². The van der Waals surface area contributed by atoms with E-state index in [2.05, 4.69) is 23.4 Å². The van der Waals surface area contributed by atoms with Crippen molar-refractivity contribution in [3.8, 4) is 34.5 Å². The maximum absolute atomic E-state index is 13.8.